The highest BCUT2D eigenvalue weighted by atomic mass is 16.5. The number of carbonyl (C=O) groups is 1. The first-order chi connectivity index (χ1) is 20.1. The van der Waals surface area contributed by atoms with Crippen LogP contribution in [0.4, 0.5) is 17.1 Å². The lowest BCUT2D eigenvalue weighted by atomic mass is 10.0. The maximum absolute atomic E-state index is 14.0. The molecule has 0 spiro atoms. The van der Waals surface area contributed by atoms with Crippen LogP contribution in [0.1, 0.15) is 44.0 Å². The van der Waals surface area contributed by atoms with E-state index in [9.17, 15) is 4.79 Å². The van der Waals surface area contributed by atoms with Crippen LogP contribution in [0, 0.1) is 0 Å². The molecule has 1 saturated heterocycles. The van der Waals surface area contributed by atoms with E-state index in [0.29, 0.717) is 24.8 Å². The standard InChI is InChI=1S/C34H45N5O2/c1-4-17-37-19-21-38(22-20-37)23-24-41-33-25-28(12-15-30(33)27-10-13-29(14-11-27)35-5-2)34(40)39-18-16-26(3)36-31-8-6-7-9-32(31)39/h6-15,25-26,35-36H,4-5,16-24H2,1-3H3/t26-/m0/s1. The Morgan fingerprint density at radius 3 is 2.39 bits per heavy atom. The summed E-state index contributed by atoms with van der Waals surface area (Å²) in [5.41, 5.74) is 5.74. The molecule has 1 amide bonds. The molecule has 0 aromatic heterocycles. The summed E-state index contributed by atoms with van der Waals surface area (Å²) in [6, 6.07) is 22.7. The Bertz CT molecular complexity index is 1290. The predicted molar refractivity (Wildman–Crippen MR) is 171 cm³/mol. The van der Waals surface area contributed by atoms with E-state index in [2.05, 4.69) is 65.5 Å². The molecule has 0 unspecified atom stereocenters. The molecule has 41 heavy (non-hydrogen) atoms. The summed E-state index contributed by atoms with van der Waals surface area (Å²) in [5, 5.41) is 6.92. The molecule has 1 fully saturated rings. The molecule has 2 N–H and O–H groups in total. The summed E-state index contributed by atoms with van der Waals surface area (Å²) in [4.78, 5) is 20.9. The third-order valence-electron chi connectivity index (χ3n) is 8.10. The zero-order valence-corrected chi connectivity index (χ0v) is 24.9. The number of hydrogen-bond donors (Lipinski definition) is 2. The number of ether oxygens (including phenoxy) is 1. The van der Waals surface area contributed by atoms with E-state index in [0.717, 1.165) is 79.6 Å². The van der Waals surface area contributed by atoms with E-state index in [-0.39, 0.29) is 5.91 Å². The first kappa shape index (κ1) is 29.0. The Kier molecular flexibility index (Phi) is 9.80. The number of para-hydroxylation sites is 2. The van der Waals surface area contributed by atoms with Gasteiger partial charge in [-0.2, -0.15) is 0 Å². The second-order valence-corrected chi connectivity index (χ2v) is 11.2. The van der Waals surface area contributed by atoms with Gasteiger partial charge >= 0.3 is 0 Å². The molecular formula is C34H45N5O2. The third-order valence-corrected chi connectivity index (χ3v) is 8.10. The fourth-order valence-electron chi connectivity index (χ4n) is 5.80. The van der Waals surface area contributed by atoms with Gasteiger partial charge in [-0.3, -0.25) is 9.69 Å². The van der Waals surface area contributed by atoms with E-state index in [1.165, 1.54) is 13.0 Å². The molecule has 0 radical (unpaired) electrons. The lowest BCUT2D eigenvalue weighted by Crippen LogP contribution is -2.47. The van der Waals surface area contributed by atoms with Crippen molar-refractivity contribution < 1.29 is 9.53 Å². The van der Waals surface area contributed by atoms with Crippen LogP contribution in [0.15, 0.2) is 66.7 Å². The highest BCUT2D eigenvalue weighted by molar-refractivity contribution is 6.08. The number of rotatable bonds is 10. The first-order valence-electron chi connectivity index (χ1n) is 15.3. The SMILES string of the molecule is CCCN1CCN(CCOc2cc(C(=O)N3CC[C@H](C)Nc4ccccc43)ccc2-c2ccc(NCC)cc2)CC1. The Morgan fingerprint density at radius 2 is 1.66 bits per heavy atom. The van der Waals surface area contributed by atoms with Gasteiger partial charge in [0.15, 0.2) is 0 Å². The van der Waals surface area contributed by atoms with Crippen molar-refractivity contribution in [3.8, 4) is 16.9 Å². The number of benzene rings is 3. The number of nitrogens with zero attached hydrogens (tertiary/aromatic N) is 3. The molecule has 5 rings (SSSR count). The molecule has 2 aliphatic heterocycles. The molecule has 0 bridgehead atoms. The minimum absolute atomic E-state index is 0.000658. The predicted octanol–water partition coefficient (Wildman–Crippen LogP) is 6.04. The average Bonchev–Trinajstić information content (AvgIpc) is 3.16. The van der Waals surface area contributed by atoms with E-state index >= 15 is 0 Å². The van der Waals surface area contributed by atoms with E-state index < -0.39 is 0 Å². The lowest BCUT2D eigenvalue weighted by Gasteiger charge is -2.34. The van der Waals surface area contributed by atoms with Crippen LogP contribution in [0.25, 0.3) is 11.1 Å². The fraction of sp³-hybridized carbons (Fsp3) is 0.441. The topological polar surface area (TPSA) is 60.1 Å². The Morgan fingerprint density at radius 1 is 0.927 bits per heavy atom. The van der Waals surface area contributed by atoms with Crippen LogP contribution in [-0.2, 0) is 0 Å². The molecule has 0 saturated carbocycles. The maximum Gasteiger partial charge on any atom is 0.258 e. The summed E-state index contributed by atoms with van der Waals surface area (Å²) >= 11 is 0. The molecule has 218 valence electrons. The van der Waals surface area contributed by atoms with Crippen molar-refractivity contribution in [1.29, 1.82) is 0 Å². The summed E-state index contributed by atoms with van der Waals surface area (Å²) in [7, 11) is 0. The fourth-order valence-corrected chi connectivity index (χ4v) is 5.80. The van der Waals surface area contributed by atoms with Crippen LogP contribution in [0.2, 0.25) is 0 Å². The van der Waals surface area contributed by atoms with Gasteiger partial charge in [-0.1, -0.05) is 31.2 Å². The monoisotopic (exact) mass is 555 g/mol. The zero-order chi connectivity index (χ0) is 28.6. The number of carbonyl (C=O) groups excluding carboxylic acids is 1. The quantitative estimate of drug-likeness (QED) is 0.318. The van der Waals surface area contributed by atoms with Crippen molar-refractivity contribution in [3.05, 3.63) is 72.3 Å². The van der Waals surface area contributed by atoms with Crippen LogP contribution in [0.5, 0.6) is 5.75 Å². The lowest BCUT2D eigenvalue weighted by molar-refractivity contribution is 0.0986. The van der Waals surface area contributed by atoms with Crippen molar-refractivity contribution in [2.24, 2.45) is 0 Å². The molecule has 0 aliphatic carbocycles. The molecule has 7 nitrogen and oxygen atoms in total. The second kappa shape index (κ2) is 13.9. The first-order valence-corrected chi connectivity index (χ1v) is 15.3. The number of piperazine rings is 1. The third kappa shape index (κ3) is 7.21. The molecule has 3 aromatic carbocycles. The van der Waals surface area contributed by atoms with Crippen molar-refractivity contribution in [1.82, 2.24) is 9.80 Å². The van der Waals surface area contributed by atoms with Gasteiger partial charge < -0.3 is 25.2 Å². The number of fused-ring (bicyclic) bond motifs is 1. The smallest absolute Gasteiger partial charge is 0.258 e. The van der Waals surface area contributed by atoms with Crippen molar-refractivity contribution in [2.45, 2.75) is 39.7 Å². The second-order valence-electron chi connectivity index (χ2n) is 11.2. The average molecular weight is 556 g/mol. The van der Waals surface area contributed by atoms with Gasteiger partial charge in [-0.15, -0.1) is 0 Å². The Labute approximate surface area is 245 Å². The normalized spacial score (nSPS) is 17.8. The van der Waals surface area contributed by atoms with Gasteiger partial charge in [0.1, 0.15) is 12.4 Å². The highest BCUT2D eigenvalue weighted by Gasteiger charge is 2.25. The minimum atomic E-state index is -0.000658. The van der Waals surface area contributed by atoms with Crippen molar-refractivity contribution in [3.63, 3.8) is 0 Å². The summed E-state index contributed by atoms with van der Waals surface area (Å²) in [5.74, 6) is 0.755. The van der Waals surface area contributed by atoms with Crippen LogP contribution >= 0.6 is 0 Å². The minimum Gasteiger partial charge on any atom is -0.492 e. The van der Waals surface area contributed by atoms with E-state index in [4.69, 9.17) is 4.74 Å². The van der Waals surface area contributed by atoms with E-state index in [1.807, 2.05) is 47.4 Å². The van der Waals surface area contributed by atoms with Crippen LogP contribution in [-0.4, -0.2) is 80.7 Å². The number of amides is 1. The summed E-state index contributed by atoms with van der Waals surface area (Å²) in [6.45, 7) is 15.1. The number of anilines is 3. The Hall–Kier alpha value is -3.55. The molecule has 3 aromatic rings. The molecule has 2 heterocycles. The molecular weight excluding hydrogens is 510 g/mol. The van der Waals surface area contributed by atoms with Crippen LogP contribution in [0.3, 0.4) is 0 Å². The Balaban J connectivity index is 1.37. The summed E-state index contributed by atoms with van der Waals surface area (Å²) in [6.07, 6.45) is 2.08. The van der Waals surface area contributed by atoms with E-state index in [1.54, 1.807) is 0 Å². The van der Waals surface area contributed by atoms with Crippen LogP contribution < -0.4 is 20.3 Å². The summed E-state index contributed by atoms with van der Waals surface area (Å²) < 4.78 is 6.48. The van der Waals surface area contributed by atoms with Gasteiger partial charge in [0, 0.05) is 68.7 Å². The van der Waals surface area contributed by atoms with Gasteiger partial charge in [-0.05, 0) is 81.3 Å². The zero-order valence-electron chi connectivity index (χ0n) is 24.9. The number of nitrogens with one attached hydrogen (secondary N) is 2. The molecule has 2 aliphatic rings. The molecule has 7 heteroatoms. The van der Waals surface area contributed by atoms with Gasteiger partial charge in [0.2, 0.25) is 0 Å². The van der Waals surface area contributed by atoms with Gasteiger partial charge in [-0.25, -0.2) is 0 Å². The van der Waals surface area contributed by atoms with Crippen molar-refractivity contribution in [2.75, 3.05) is 74.5 Å². The van der Waals surface area contributed by atoms with Gasteiger partial charge in [0.25, 0.3) is 5.91 Å². The van der Waals surface area contributed by atoms with Gasteiger partial charge in [0.05, 0.1) is 11.4 Å². The van der Waals surface area contributed by atoms with Crippen molar-refractivity contribution >= 4 is 23.0 Å². The largest absolute Gasteiger partial charge is 0.492 e. The highest BCUT2D eigenvalue weighted by Crippen LogP contribution is 2.35. The molecule has 1 atom stereocenters. The number of hydrogen-bond acceptors (Lipinski definition) is 6. The maximum atomic E-state index is 14.0.